The minimum absolute atomic E-state index is 0.627. The smallest absolute Gasteiger partial charge is 0.0319 e. The molecule has 18 heavy (non-hydrogen) atoms. The van der Waals surface area contributed by atoms with Crippen LogP contribution in [0.25, 0.3) is 0 Å². The van der Waals surface area contributed by atoms with Gasteiger partial charge in [0.15, 0.2) is 0 Å². The summed E-state index contributed by atoms with van der Waals surface area (Å²) in [6, 6.07) is 0. The highest BCUT2D eigenvalue weighted by atomic mass is 16.2. The maximum atomic E-state index is 7.00. The lowest BCUT2D eigenvalue weighted by Gasteiger charge is -2.15. The van der Waals surface area contributed by atoms with Crippen LogP contribution in [0.4, 0.5) is 0 Å². The maximum Gasteiger partial charge on any atom is 0.0319 e. The topological polar surface area (TPSA) is 20.2 Å². The number of allylic oxidation sites excluding steroid dienone is 5. The highest BCUT2D eigenvalue weighted by Gasteiger charge is 2.09. The van der Waals surface area contributed by atoms with Gasteiger partial charge in [0.2, 0.25) is 0 Å². The van der Waals surface area contributed by atoms with Gasteiger partial charge in [-0.1, -0.05) is 55.4 Å². The monoisotopic (exact) mass is 246 g/mol. The molecule has 1 nitrogen and oxygen atoms in total. The van der Waals surface area contributed by atoms with E-state index in [9.17, 15) is 0 Å². The second-order valence-corrected chi connectivity index (χ2v) is 4.53. The summed E-state index contributed by atoms with van der Waals surface area (Å²) < 4.78 is 0. The van der Waals surface area contributed by atoms with E-state index < -0.39 is 0 Å². The molecule has 1 saturated carbocycles. The number of hydrogen-bond donors (Lipinski definition) is 1. The second kappa shape index (κ2) is 10.9. The molecule has 1 aliphatic rings. The third-order valence-corrected chi connectivity index (χ3v) is 2.88. The average molecular weight is 246 g/mol. The minimum Gasteiger partial charge on any atom is -0.400 e. The molecular formula is C17H26O. The van der Waals surface area contributed by atoms with E-state index in [-0.39, 0.29) is 0 Å². The predicted octanol–water partition coefficient (Wildman–Crippen LogP) is 4.26. The molecule has 1 fully saturated rings. The Morgan fingerprint density at radius 3 is 2.28 bits per heavy atom. The molecule has 0 bridgehead atoms. The van der Waals surface area contributed by atoms with Gasteiger partial charge in [0, 0.05) is 18.6 Å². The standard InChI is InChI=1S/C16H22.CH4O/c1-4-15(11-10-14(2)3)12-13-16-8-6-5-7-9-16;1-2/h4,10-11,16H,2,5-9H2,1,3H3;2H,1H3/b11-10-,15-4+;. The van der Waals surface area contributed by atoms with Gasteiger partial charge in [-0.05, 0) is 32.8 Å². The molecule has 0 amide bonds. The molecule has 1 N–H and O–H groups in total. The quantitative estimate of drug-likeness (QED) is 0.570. The summed E-state index contributed by atoms with van der Waals surface area (Å²) in [5.41, 5.74) is 2.17. The van der Waals surface area contributed by atoms with Crippen LogP contribution in [0, 0.1) is 17.8 Å². The van der Waals surface area contributed by atoms with Gasteiger partial charge in [0.1, 0.15) is 0 Å². The molecule has 0 spiro atoms. The van der Waals surface area contributed by atoms with Gasteiger partial charge in [0.05, 0.1) is 0 Å². The molecular weight excluding hydrogens is 220 g/mol. The first-order valence-corrected chi connectivity index (χ1v) is 6.68. The van der Waals surface area contributed by atoms with Crippen molar-refractivity contribution in [1.82, 2.24) is 0 Å². The number of aliphatic hydroxyl groups excluding tert-OH is 1. The van der Waals surface area contributed by atoms with Crippen LogP contribution in [0.1, 0.15) is 46.0 Å². The van der Waals surface area contributed by atoms with Crippen LogP contribution in [-0.2, 0) is 0 Å². The molecule has 0 heterocycles. The first-order valence-electron chi connectivity index (χ1n) is 6.68. The first-order chi connectivity index (χ1) is 8.72. The van der Waals surface area contributed by atoms with E-state index in [1.807, 2.05) is 19.9 Å². The van der Waals surface area contributed by atoms with Crippen molar-refractivity contribution in [3.63, 3.8) is 0 Å². The van der Waals surface area contributed by atoms with Gasteiger partial charge in [0.25, 0.3) is 0 Å². The minimum atomic E-state index is 0.627. The first kappa shape index (κ1) is 16.7. The molecule has 1 aliphatic carbocycles. The Hall–Kier alpha value is -1.26. The lowest BCUT2D eigenvalue weighted by molar-refractivity contribution is 0.399. The van der Waals surface area contributed by atoms with E-state index in [4.69, 9.17) is 5.11 Å². The zero-order valence-corrected chi connectivity index (χ0v) is 12.0. The van der Waals surface area contributed by atoms with Crippen LogP contribution in [0.15, 0.2) is 36.0 Å². The Labute approximate surface area is 112 Å². The fourth-order valence-corrected chi connectivity index (χ4v) is 1.87. The van der Waals surface area contributed by atoms with Crippen molar-refractivity contribution in [2.45, 2.75) is 46.0 Å². The SMILES string of the molecule is C=C(C)/C=C\C(C#CC1CCCCC1)=C/C.CO. The van der Waals surface area contributed by atoms with Crippen molar-refractivity contribution < 1.29 is 5.11 Å². The molecule has 0 saturated heterocycles. The Kier molecular flexibility index (Phi) is 10.1. The summed E-state index contributed by atoms with van der Waals surface area (Å²) in [7, 11) is 1.00. The summed E-state index contributed by atoms with van der Waals surface area (Å²) in [5.74, 6) is 7.30. The van der Waals surface area contributed by atoms with Crippen molar-refractivity contribution in [3.8, 4) is 11.8 Å². The van der Waals surface area contributed by atoms with E-state index in [1.54, 1.807) is 0 Å². The fourth-order valence-electron chi connectivity index (χ4n) is 1.87. The number of aliphatic hydroxyl groups is 1. The Morgan fingerprint density at radius 1 is 1.17 bits per heavy atom. The predicted molar refractivity (Wildman–Crippen MR) is 80.2 cm³/mol. The van der Waals surface area contributed by atoms with Gasteiger partial charge in [-0.25, -0.2) is 0 Å². The normalized spacial score (nSPS) is 16.6. The molecule has 1 heteroatoms. The van der Waals surface area contributed by atoms with Crippen molar-refractivity contribution in [2.75, 3.05) is 7.11 Å². The fraction of sp³-hybridized carbons (Fsp3) is 0.529. The molecule has 0 aromatic rings. The van der Waals surface area contributed by atoms with Crippen molar-refractivity contribution >= 4 is 0 Å². The maximum absolute atomic E-state index is 7.00. The van der Waals surface area contributed by atoms with Crippen molar-refractivity contribution in [1.29, 1.82) is 0 Å². The zero-order chi connectivity index (χ0) is 13.8. The third-order valence-electron chi connectivity index (χ3n) is 2.88. The van der Waals surface area contributed by atoms with E-state index in [0.29, 0.717) is 5.92 Å². The lowest BCUT2D eigenvalue weighted by Crippen LogP contribution is -2.02. The van der Waals surface area contributed by atoms with Crippen molar-refractivity contribution in [2.24, 2.45) is 5.92 Å². The average Bonchev–Trinajstić information content (AvgIpc) is 2.42. The molecule has 0 unspecified atom stereocenters. The molecule has 1 rings (SSSR count). The van der Waals surface area contributed by atoms with E-state index in [2.05, 4.69) is 30.6 Å². The zero-order valence-electron chi connectivity index (χ0n) is 12.0. The highest BCUT2D eigenvalue weighted by molar-refractivity contribution is 5.40. The molecule has 0 atom stereocenters. The third kappa shape index (κ3) is 7.92. The summed E-state index contributed by atoms with van der Waals surface area (Å²) in [4.78, 5) is 0. The van der Waals surface area contributed by atoms with Gasteiger partial charge >= 0.3 is 0 Å². The van der Waals surface area contributed by atoms with Crippen LogP contribution >= 0.6 is 0 Å². The molecule has 0 radical (unpaired) electrons. The van der Waals surface area contributed by atoms with Gasteiger partial charge in [-0.3, -0.25) is 0 Å². The largest absolute Gasteiger partial charge is 0.400 e. The van der Waals surface area contributed by atoms with Crippen LogP contribution in [0.3, 0.4) is 0 Å². The summed E-state index contributed by atoms with van der Waals surface area (Å²) >= 11 is 0. The highest BCUT2D eigenvalue weighted by Crippen LogP contribution is 2.22. The Morgan fingerprint density at radius 2 is 1.78 bits per heavy atom. The summed E-state index contributed by atoms with van der Waals surface area (Å²) in [6.45, 7) is 7.88. The van der Waals surface area contributed by atoms with Gasteiger partial charge in [-0.15, -0.1) is 0 Å². The lowest BCUT2D eigenvalue weighted by atomic mass is 9.89. The van der Waals surface area contributed by atoms with E-state index >= 15 is 0 Å². The molecule has 0 aromatic heterocycles. The van der Waals surface area contributed by atoms with Crippen molar-refractivity contribution in [3.05, 3.63) is 36.0 Å². The number of rotatable bonds is 2. The van der Waals surface area contributed by atoms with Gasteiger partial charge in [-0.2, -0.15) is 0 Å². The van der Waals surface area contributed by atoms with E-state index in [0.717, 1.165) is 18.3 Å². The van der Waals surface area contributed by atoms with E-state index in [1.165, 1.54) is 32.1 Å². The van der Waals surface area contributed by atoms with Crippen LogP contribution < -0.4 is 0 Å². The second-order valence-electron chi connectivity index (χ2n) is 4.53. The summed E-state index contributed by atoms with van der Waals surface area (Å²) in [5, 5.41) is 7.00. The van der Waals surface area contributed by atoms with Crippen LogP contribution in [0.5, 0.6) is 0 Å². The van der Waals surface area contributed by atoms with Gasteiger partial charge < -0.3 is 5.11 Å². The van der Waals surface area contributed by atoms with Crippen LogP contribution in [0.2, 0.25) is 0 Å². The number of hydrogen-bond acceptors (Lipinski definition) is 1. The molecule has 100 valence electrons. The molecule has 0 aromatic carbocycles. The molecule has 0 aliphatic heterocycles. The Bertz CT molecular complexity index is 344. The summed E-state index contributed by atoms with van der Waals surface area (Å²) in [6.07, 6.45) is 12.8. The van der Waals surface area contributed by atoms with Crippen LogP contribution in [-0.4, -0.2) is 12.2 Å². The Balaban J connectivity index is 0.00000137.